The smallest absolute Gasteiger partial charge is 0.273 e. The summed E-state index contributed by atoms with van der Waals surface area (Å²) in [4.78, 5) is 27.9. The molecule has 0 saturated heterocycles. The number of benzene rings is 2. The number of dihydropyridines is 1. The molecule has 170 valence electrons. The molecule has 0 saturated carbocycles. The minimum atomic E-state index is -0.0458. The van der Waals surface area contributed by atoms with Gasteiger partial charge in [0.25, 0.3) is 5.91 Å². The van der Waals surface area contributed by atoms with E-state index in [1.54, 1.807) is 0 Å². The number of carbonyl (C=O) groups excluding carboxylic acids is 1. The molecule has 1 amide bonds. The number of carbonyl (C=O) groups is 1. The predicted molar refractivity (Wildman–Crippen MR) is 135 cm³/mol. The van der Waals surface area contributed by atoms with Crippen LogP contribution < -0.4 is 4.74 Å². The van der Waals surface area contributed by atoms with Crippen molar-refractivity contribution in [2.75, 3.05) is 13.2 Å². The van der Waals surface area contributed by atoms with E-state index in [0.29, 0.717) is 25.4 Å². The van der Waals surface area contributed by atoms with Gasteiger partial charge in [0.1, 0.15) is 23.9 Å². The lowest BCUT2D eigenvalue weighted by molar-refractivity contribution is -0.124. The molecule has 33 heavy (non-hydrogen) atoms. The fraction of sp³-hybridized carbons (Fsp3) is 0.346. The van der Waals surface area contributed by atoms with Crippen molar-refractivity contribution < 1.29 is 9.53 Å². The molecular formula is C26H27BrN4O2. The van der Waals surface area contributed by atoms with E-state index >= 15 is 0 Å². The van der Waals surface area contributed by atoms with Crippen LogP contribution in [0.3, 0.4) is 0 Å². The van der Waals surface area contributed by atoms with Crippen LogP contribution in [0, 0.1) is 6.92 Å². The number of rotatable bonds is 3. The molecule has 1 aromatic heterocycles. The molecule has 0 radical (unpaired) electrons. The first-order valence-electron chi connectivity index (χ1n) is 11.4. The molecule has 0 spiro atoms. The number of nitrogens with zero attached hydrogens (tertiary/aromatic N) is 3. The zero-order chi connectivity index (χ0) is 23.1. The lowest BCUT2D eigenvalue weighted by Gasteiger charge is -2.25. The third kappa shape index (κ3) is 4.22. The Labute approximate surface area is 201 Å². The largest absolute Gasteiger partial charge is 0.491 e. The number of fused-ring (bicyclic) bond motifs is 2. The Balaban J connectivity index is 1.45. The molecule has 0 fully saturated rings. The first-order valence-corrected chi connectivity index (χ1v) is 12.2. The summed E-state index contributed by atoms with van der Waals surface area (Å²) < 4.78 is 6.83. The topological polar surface area (TPSA) is 70.6 Å². The van der Waals surface area contributed by atoms with Crippen molar-refractivity contribution in [2.24, 2.45) is 4.99 Å². The molecule has 2 aromatic carbocycles. The lowest BCUT2D eigenvalue weighted by atomic mass is 9.99. The second kappa shape index (κ2) is 8.78. The van der Waals surface area contributed by atoms with E-state index < -0.39 is 0 Å². The van der Waals surface area contributed by atoms with Crippen molar-refractivity contribution in [3.63, 3.8) is 0 Å². The highest BCUT2D eigenvalue weighted by atomic mass is 79.9. The highest BCUT2D eigenvalue weighted by Crippen LogP contribution is 2.32. The minimum absolute atomic E-state index is 0.0458. The second-order valence-corrected chi connectivity index (χ2v) is 9.58. The van der Waals surface area contributed by atoms with Crippen LogP contribution in [0.15, 0.2) is 51.4 Å². The van der Waals surface area contributed by atoms with Gasteiger partial charge in [0.15, 0.2) is 0 Å². The number of amides is 1. The molecular weight excluding hydrogens is 480 g/mol. The number of aliphatic imine (C=N–C) groups is 1. The van der Waals surface area contributed by atoms with Crippen LogP contribution in [-0.2, 0) is 11.3 Å². The van der Waals surface area contributed by atoms with E-state index in [2.05, 4.69) is 64.0 Å². The van der Waals surface area contributed by atoms with Gasteiger partial charge >= 0.3 is 0 Å². The fourth-order valence-electron chi connectivity index (χ4n) is 4.53. The predicted octanol–water partition coefficient (Wildman–Crippen LogP) is 5.55. The summed E-state index contributed by atoms with van der Waals surface area (Å²) in [6.07, 6.45) is 1.81. The van der Waals surface area contributed by atoms with Gasteiger partial charge < -0.3 is 14.6 Å². The fourth-order valence-corrected chi connectivity index (χ4v) is 4.96. The van der Waals surface area contributed by atoms with Crippen molar-refractivity contribution >= 4 is 38.6 Å². The second-order valence-electron chi connectivity index (χ2n) is 8.79. The summed E-state index contributed by atoms with van der Waals surface area (Å²) in [5.74, 6) is 1.68. The molecule has 1 atom stereocenters. The van der Waals surface area contributed by atoms with Gasteiger partial charge in [-0.2, -0.15) is 0 Å². The zero-order valence-corrected chi connectivity index (χ0v) is 20.7. The zero-order valence-electron chi connectivity index (χ0n) is 19.1. The van der Waals surface area contributed by atoms with Crippen LogP contribution in [0.25, 0.3) is 22.2 Å². The molecule has 1 unspecified atom stereocenters. The normalized spacial score (nSPS) is 18.6. The number of aryl methyl sites for hydroxylation is 1. The Morgan fingerprint density at radius 2 is 2.00 bits per heavy atom. The maximum absolute atomic E-state index is 13.5. The minimum Gasteiger partial charge on any atom is -0.491 e. The Morgan fingerprint density at radius 1 is 1.21 bits per heavy atom. The highest BCUT2D eigenvalue weighted by molar-refractivity contribution is 9.12. The van der Waals surface area contributed by atoms with Crippen LogP contribution in [0.1, 0.15) is 38.1 Å². The van der Waals surface area contributed by atoms with E-state index in [9.17, 15) is 4.79 Å². The van der Waals surface area contributed by atoms with Crippen LogP contribution in [-0.4, -0.2) is 45.7 Å². The third-order valence-electron chi connectivity index (χ3n) is 6.37. The number of halogens is 1. The summed E-state index contributed by atoms with van der Waals surface area (Å²) >= 11 is 3.62. The Kier molecular flexibility index (Phi) is 5.83. The first kappa shape index (κ1) is 21.9. The number of ether oxygens (including phenoxy) is 1. The van der Waals surface area contributed by atoms with E-state index in [-0.39, 0.29) is 11.9 Å². The number of imidazole rings is 1. The summed E-state index contributed by atoms with van der Waals surface area (Å²) in [6.45, 7) is 7.61. The number of nitrogens with one attached hydrogen (secondary N) is 1. The third-order valence-corrected chi connectivity index (χ3v) is 7.42. The molecule has 2 aliphatic heterocycles. The van der Waals surface area contributed by atoms with Crippen LogP contribution in [0.2, 0.25) is 0 Å². The Bertz CT molecular complexity index is 1310. The van der Waals surface area contributed by atoms with Gasteiger partial charge in [0, 0.05) is 16.6 Å². The van der Waals surface area contributed by atoms with Gasteiger partial charge in [-0.15, -0.1) is 0 Å². The monoisotopic (exact) mass is 506 g/mol. The molecule has 3 heterocycles. The van der Waals surface area contributed by atoms with E-state index in [1.807, 2.05) is 24.0 Å². The molecule has 7 heteroatoms. The lowest BCUT2D eigenvalue weighted by Crippen LogP contribution is -2.39. The van der Waals surface area contributed by atoms with E-state index in [0.717, 1.165) is 56.6 Å². The molecule has 6 nitrogen and oxygen atoms in total. The summed E-state index contributed by atoms with van der Waals surface area (Å²) in [6, 6.07) is 12.6. The molecule has 2 aliphatic rings. The summed E-state index contributed by atoms with van der Waals surface area (Å²) in [5, 5.41) is 0. The number of H-pyrrole nitrogens is 1. The molecule has 0 aliphatic carbocycles. The molecule has 1 N–H and O–H groups in total. The van der Waals surface area contributed by atoms with Crippen molar-refractivity contribution in [1.29, 1.82) is 0 Å². The standard InChI is InChI=1S/C26H27BrN4O2/c1-4-20-11-15(2)24(27)25(30-20)26(32)31-9-10-33-23-8-6-17(12-19(23)14-31)18-5-7-21-22(13-18)29-16(3)28-21/h5-8,12-13,20H,4,9-11,14H2,1-3H3,(H,28,29). The average molecular weight is 507 g/mol. The number of aromatic nitrogens is 2. The number of aromatic amines is 1. The van der Waals surface area contributed by atoms with Crippen LogP contribution in [0.4, 0.5) is 0 Å². The Morgan fingerprint density at radius 3 is 2.82 bits per heavy atom. The van der Waals surface area contributed by atoms with Crippen molar-refractivity contribution in [3.8, 4) is 16.9 Å². The van der Waals surface area contributed by atoms with Gasteiger partial charge in [0.05, 0.1) is 23.6 Å². The van der Waals surface area contributed by atoms with Crippen molar-refractivity contribution in [2.45, 2.75) is 46.2 Å². The van der Waals surface area contributed by atoms with Gasteiger partial charge in [-0.1, -0.05) is 24.6 Å². The summed E-state index contributed by atoms with van der Waals surface area (Å²) in [5.41, 5.74) is 6.86. The maximum atomic E-state index is 13.5. The first-order chi connectivity index (χ1) is 15.9. The van der Waals surface area contributed by atoms with Crippen LogP contribution in [0.5, 0.6) is 5.75 Å². The SMILES string of the molecule is CCC1CC(C)=C(Br)C(C(=O)N2CCOc3ccc(-c4ccc5nc(C)[nH]c5c4)cc3C2)=N1. The van der Waals surface area contributed by atoms with Gasteiger partial charge in [-0.3, -0.25) is 9.79 Å². The van der Waals surface area contributed by atoms with Crippen molar-refractivity contribution in [1.82, 2.24) is 14.9 Å². The highest BCUT2D eigenvalue weighted by Gasteiger charge is 2.29. The van der Waals surface area contributed by atoms with E-state index in [4.69, 9.17) is 9.73 Å². The van der Waals surface area contributed by atoms with Gasteiger partial charge in [-0.25, -0.2) is 4.98 Å². The maximum Gasteiger partial charge on any atom is 0.273 e. The molecule has 5 rings (SSSR count). The van der Waals surface area contributed by atoms with Crippen LogP contribution >= 0.6 is 15.9 Å². The number of hydrogen-bond acceptors (Lipinski definition) is 4. The average Bonchev–Trinajstić information content (AvgIpc) is 3.05. The van der Waals surface area contributed by atoms with E-state index in [1.165, 1.54) is 5.57 Å². The molecule has 0 bridgehead atoms. The summed E-state index contributed by atoms with van der Waals surface area (Å²) in [7, 11) is 0. The molecule has 3 aromatic rings. The van der Waals surface area contributed by atoms with Gasteiger partial charge in [-0.05, 0) is 78.0 Å². The van der Waals surface area contributed by atoms with Gasteiger partial charge in [0.2, 0.25) is 0 Å². The van der Waals surface area contributed by atoms with Crippen molar-refractivity contribution in [3.05, 3.63) is 57.8 Å². The quantitative estimate of drug-likeness (QED) is 0.505. The number of hydrogen-bond donors (Lipinski definition) is 1. The Hall–Kier alpha value is -2.93.